The van der Waals surface area contributed by atoms with Gasteiger partial charge in [0.25, 0.3) is 0 Å². The predicted octanol–water partition coefficient (Wildman–Crippen LogP) is 1.22. The molecule has 0 unspecified atom stereocenters. The third-order valence-electron chi connectivity index (χ3n) is 0.893. The Labute approximate surface area is 49.1 Å². The van der Waals surface area contributed by atoms with Crippen LogP contribution in [0, 0.1) is 0 Å². The Morgan fingerprint density at radius 3 is 2.12 bits per heavy atom. The number of aromatic hydroxyl groups is 1. The molecule has 0 aliphatic carbocycles. The zero-order chi connectivity index (χ0) is 5.98. The van der Waals surface area contributed by atoms with E-state index in [4.69, 9.17) is 10.8 Å². The first kappa shape index (κ1) is 4.97. The number of phenols is 1. The molecule has 2 heteroatoms. The molecule has 1 aromatic rings. The largest absolute Gasteiger partial charge is 0.508 e. The molecule has 0 saturated carbocycles. The van der Waals surface area contributed by atoms with Crippen LogP contribution >= 0.6 is 0 Å². The van der Waals surface area contributed by atoms with Crippen LogP contribution in [0.4, 0.5) is 5.69 Å². The summed E-state index contributed by atoms with van der Waals surface area (Å²) in [7, 11) is 0. The lowest BCUT2D eigenvalue weighted by Crippen LogP contribution is -1.80. The van der Waals surface area contributed by atoms with Gasteiger partial charge in [-0.3, -0.25) is 0 Å². The number of anilines is 1. The van der Waals surface area contributed by atoms with Crippen molar-refractivity contribution in [3.63, 3.8) is 0 Å². The third-order valence-corrected chi connectivity index (χ3v) is 0.893. The van der Waals surface area contributed by atoms with E-state index < -0.39 is 0 Å². The third kappa shape index (κ3) is 0.904. The lowest BCUT2D eigenvalue weighted by molar-refractivity contribution is 0.475. The number of nitrogen functional groups attached to an aromatic ring is 1. The monoisotopic (exact) mass is 111 g/mol. The minimum Gasteiger partial charge on any atom is -0.508 e. The number of hydrogen-bond donors (Lipinski definition) is 2. The summed E-state index contributed by atoms with van der Waals surface area (Å²) in [5.41, 5.74) is 5.98. The molecule has 2 nitrogen and oxygen atoms in total. The molecule has 0 saturated heterocycles. The van der Waals surface area contributed by atoms with E-state index >= 15 is 0 Å². The Balaban J connectivity index is 0.000000640. The van der Waals surface area contributed by atoms with Crippen molar-refractivity contribution in [1.82, 2.24) is 0 Å². The number of rotatable bonds is 0. The van der Waals surface area contributed by atoms with E-state index in [9.17, 15) is 0 Å². The molecule has 1 rings (SSSR count). The van der Waals surface area contributed by atoms with Crippen molar-refractivity contribution in [3.05, 3.63) is 24.3 Å². The Bertz CT molecular complexity index is 152. The van der Waals surface area contributed by atoms with Crippen LogP contribution in [0.15, 0.2) is 24.3 Å². The number of nitrogens with two attached hydrogens (primary N) is 1. The molecule has 0 bridgehead atoms. The molecule has 0 aliphatic heterocycles. The topological polar surface area (TPSA) is 46.2 Å². The summed E-state index contributed by atoms with van der Waals surface area (Å²) in [6.45, 7) is 0. The molecule has 8 heavy (non-hydrogen) atoms. The van der Waals surface area contributed by atoms with E-state index in [2.05, 4.69) is 0 Å². The molecule has 44 valence electrons. The van der Waals surface area contributed by atoms with Crippen LogP contribution in [0.5, 0.6) is 5.75 Å². The van der Waals surface area contributed by atoms with Crippen LogP contribution in [-0.2, 0) is 0 Å². The fourth-order valence-corrected chi connectivity index (χ4v) is 0.474. The van der Waals surface area contributed by atoms with Crippen molar-refractivity contribution in [2.45, 2.75) is 0 Å². The molecule has 0 aliphatic rings. The second-order valence-corrected chi connectivity index (χ2v) is 1.59. The zero-order valence-electron chi connectivity index (χ0n) is 4.33. The van der Waals surface area contributed by atoms with Crippen molar-refractivity contribution in [3.8, 4) is 5.75 Å². The van der Waals surface area contributed by atoms with Crippen molar-refractivity contribution in [2.75, 3.05) is 5.73 Å². The first-order valence-electron chi connectivity index (χ1n) is 2.33. The quantitative estimate of drug-likeness (QED) is 0.390. The smallest absolute Gasteiger partial charge is 0.115 e. The van der Waals surface area contributed by atoms with Crippen LogP contribution in [0.3, 0.4) is 0 Å². The highest BCUT2D eigenvalue weighted by molar-refractivity contribution is 5.40. The van der Waals surface area contributed by atoms with Gasteiger partial charge in [0.15, 0.2) is 0 Å². The average Bonchev–Trinajstić information content (AvgIpc) is 1.77. The molecule has 0 fully saturated rings. The van der Waals surface area contributed by atoms with Gasteiger partial charge in [-0.1, -0.05) is 0 Å². The summed E-state index contributed by atoms with van der Waals surface area (Å²) in [4.78, 5) is 0. The molecule has 0 heterocycles. The Morgan fingerprint density at radius 2 is 1.75 bits per heavy atom. The number of phenolic OH excluding ortho intramolecular Hbond substituents is 1. The summed E-state index contributed by atoms with van der Waals surface area (Å²) in [6, 6.07) is 6.40. The van der Waals surface area contributed by atoms with E-state index in [1.165, 1.54) is 0 Å². The fraction of sp³-hybridized carbons (Fsp3) is 0. The van der Waals surface area contributed by atoms with Gasteiger partial charge in [0.1, 0.15) is 5.75 Å². The van der Waals surface area contributed by atoms with Crippen LogP contribution in [0.2, 0.25) is 0 Å². The number of benzene rings is 1. The van der Waals surface area contributed by atoms with Crippen LogP contribution in [0.1, 0.15) is 1.43 Å². The molecule has 0 atom stereocenters. The van der Waals surface area contributed by atoms with Crippen molar-refractivity contribution < 1.29 is 6.53 Å². The SMILES string of the molecule is Nc1ccc(O)cc1.[HH]. The highest BCUT2D eigenvalue weighted by Gasteiger charge is 1.82. The predicted molar refractivity (Wildman–Crippen MR) is 34.6 cm³/mol. The molecule has 0 amide bonds. The summed E-state index contributed by atoms with van der Waals surface area (Å²) < 4.78 is 0. The highest BCUT2D eigenvalue weighted by atomic mass is 16.3. The van der Waals surface area contributed by atoms with Gasteiger partial charge in [0.2, 0.25) is 0 Å². The maximum absolute atomic E-state index is 8.70. The van der Waals surface area contributed by atoms with Crippen LogP contribution < -0.4 is 5.73 Å². The van der Waals surface area contributed by atoms with Gasteiger partial charge < -0.3 is 10.8 Å². The van der Waals surface area contributed by atoms with E-state index in [0.717, 1.165) is 0 Å². The average molecular weight is 111 g/mol. The van der Waals surface area contributed by atoms with Gasteiger partial charge in [0.05, 0.1) is 0 Å². The maximum Gasteiger partial charge on any atom is 0.115 e. The normalized spacial score (nSPS) is 9.00. The van der Waals surface area contributed by atoms with Crippen molar-refractivity contribution in [1.29, 1.82) is 0 Å². The Kier molecular flexibility index (Phi) is 1.08. The summed E-state index contributed by atoms with van der Waals surface area (Å²) in [6.07, 6.45) is 0. The Hall–Kier alpha value is -1.18. The van der Waals surface area contributed by atoms with Gasteiger partial charge in [-0.2, -0.15) is 0 Å². The standard InChI is InChI=1S/C6H7NO.H2/c7-5-1-3-6(8)4-2-5;/h1-4,8H,7H2;1H. The van der Waals surface area contributed by atoms with E-state index in [1.54, 1.807) is 24.3 Å². The fourth-order valence-electron chi connectivity index (χ4n) is 0.474. The van der Waals surface area contributed by atoms with Gasteiger partial charge in [0, 0.05) is 7.11 Å². The first-order valence-corrected chi connectivity index (χ1v) is 2.33. The molecular formula is C6H9NO. The molecule has 1 aromatic carbocycles. The van der Waals surface area contributed by atoms with Crippen molar-refractivity contribution >= 4 is 5.69 Å². The second-order valence-electron chi connectivity index (χ2n) is 1.59. The zero-order valence-corrected chi connectivity index (χ0v) is 4.33. The lowest BCUT2D eigenvalue weighted by atomic mass is 10.3. The molecule has 3 N–H and O–H groups in total. The maximum atomic E-state index is 8.70. The lowest BCUT2D eigenvalue weighted by Gasteiger charge is -1.89. The van der Waals surface area contributed by atoms with Crippen molar-refractivity contribution in [2.24, 2.45) is 0 Å². The van der Waals surface area contributed by atoms with Crippen LogP contribution in [-0.4, -0.2) is 5.11 Å². The molecule has 0 spiro atoms. The van der Waals surface area contributed by atoms with Gasteiger partial charge >= 0.3 is 0 Å². The number of hydrogen-bond acceptors (Lipinski definition) is 2. The van der Waals surface area contributed by atoms with E-state index in [-0.39, 0.29) is 7.18 Å². The van der Waals surface area contributed by atoms with Crippen LogP contribution in [0.25, 0.3) is 0 Å². The van der Waals surface area contributed by atoms with Gasteiger partial charge in [-0.05, 0) is 24.3 Å². The highest BCUT2D eigenvalue weighted by Crippen LogP contribution is 2.09. The van der Waals surface area contributed by atoms with Gasteiger partial charge in [-0.25, -0.2) is 0 Å². The summed E-state index contributed by atoms with van der Waals surface area (Å²) >= 11 is 0. The molecular weight excluding hydrogens is 102 g/mol. The van der Waals surface area contributed by atoms with E-state index in [1.807, 2.05) is 0 Å². The molecule has 0 aromatic heterocycles. The van der Waals surface area contributed by atoms with Gasteiger partial charge in [-0.15, -0.1) is 0 Å². The summed E-state index contributed by atoms with van der Waals surface area (Å²) in [5.74, 6) is 0.249. The Morgan fingerprint density at radius 1 is 1.25 bits per heavy atom. The molecule has 0 radical (unpaired) electrons. The summed E-state index contributed by atoms with van der Waals surface area (Å²) in [5, 5.41) is 8.70. The van der Waals surface area contributed by atoms with E-state index in [0.29, 0.717) is 5.69 Å². The first-order chi connectivity index (χ1) is 3.79. The second kappa shape index (κ2) is 1.74. The minimum atomic E-state index is 0. The minimum absolute atomic E-state index is 0.